The average molecular weight is 179 g/mol. The third kappa shape index (κ3) is 1.03. The van der Waals surface area contributed by atoms with Crippen molar-refractivity contribution < 1.29 is 5.11 Å². The van der Waals surface area contributed by atoms with E-state index in [9.17, 15) is 10.4 Å². The van der Waals surface area contributed by atoms with E-state index < -0.39 is 11.0 Å². The van der Waals surface area contributed by atoms with Gasteiger partial charge in [-0.15, -0.1) is 0 Å². The number of fused-ring (bicyclic) bond motifs is 2. The molecule has 0 heterocycles. The van der Waals surface area contributed by atoms with Crippen molar-refractivity contribution in [3.05, 3.63) is 0 Å². The van der Waals surface area contributed by atoms with Gasteiger partial charge in [0.2, 0.25) is 0 Å². The van der Waals surface area contributed by atoms with Gasteiger partial charge in [-0.05, 0) is 44.9 Å². The first-order valence-corrected chi connectivity index (χ1v) is 5.13. The van der Waals surface area contributed by atoms with E-state index in [2.05, 4.69) is 6.07 Å². The summed E-state index contributed by atoms with van der Waals surface area (Å²) in [4.78, 5) is 0. The highest BCUT2D eigenvalue weighted by molar-refractivity contribution is 5.17. The standard InChI is InChI=1S/C11H17NO/c1-10(2,13)11(7-12)6-8-3-4-9(11)5-8/h8-9,13H,3-6H2,1-2H3. The van der Waals surface area contributed by atoms with E-state index in [1.54, 1.807) is 13.8 Å². The molecule has 2 bridgehead atoms. The first-order chi connectivity index (χ1) is 5.99. The van der Waals surface area contributed by atoms with E-state index in [1.165, 1.54) is 6.42 Å². The summed E-state index contributed by atoms with van der Waals surface area (Å²) in [6.07, 6.45) is 4.49. The molecule has 0 aliphatic heterocycles. The molecule has 0 amide bonds. The molecule has 72 valence electrons. The topological polar surface area (TPSA) is 44.0 Å². The summed E-state index contributed by atoms with van der Waals surface area (Å²) in [5.74, 6) is 1.15. The van der Waals surface area contributed by atoms with Gasteiger partial charge in [-0.3, -0.25) is 0 Å². The lowest BCUT2D eigenvalue weighted by atomic mass is 9.64. The molecule has 2 saturated carbocycles. The average Bonchev–Trinajstić information content (AvgIpc) is 2.60. The molecule has 0 aromatic rings. The van der Waals surface area contributed by atoms with E-state index in [0.29, 0.717) is 11.8 Å². The van der Waals surface area contributed by atoms with Crippen molar-refractivity contribution in [3.8, 4) is 6.07 Å². The predicted molar refractivity (Wildman–Crippen MR) is 49.8 cm³/mol. The Morgan fingerprint density at radius 2 is 2.15 bits per heavy atom. The molecule has 0 aromatic carbocycles. The SMILES string of the molecule is CC(C)(O)C1(C#N)CC2CCC1C2. The zero-order valence-electron chi connectivity index (χ0n) is 8.38. The van der Waals surface area contributed by atoms with Gasteiger partial charge in [-0.2, -0.15) is 5.26 Å². The van der Waals surface area contributed by atoms with Crippen LogP contribution in [0, 0.1) is 28.6 Å². The highest BCUT2D eigenvalue weighted by Gasteiger charge is 2.58. The lowest BCUT2D eigenvalue weighted by Crippen LogP contribution is -2.46. The van der Waals surface area contributed by atoms with Crippen LogP contribution in [0.5, 0.6) is 0 Å². The smallest absolute Gasteiger partial charge is 0.0885 e. The fraction of sp³-hybridized carbons (Fsp3) is 0.909. The second-order valence-electron chi connectivity index (χ2n) is 5.22. The largest absolute Gasteiger partial charge is 0.389 e. The molecule has 2 nitrogen and oxygen atoms in total. The third-order valence-corrected chi connectivity index (χ3v) is 4.14. The Morgan fingerprint density at radius 1 is 1.46 bits per heavy atom. The number of nitrogens with zero attached hydrogens (tertiary/aromatic N) is 1. The predicted octanol–water partition coefficient (Wildman–Crippen LogP) is 2.09. The second kappa shape index (κ2) is 2.48. The number of rotatable bonds is 1. The molecule has 0 saturated heterocycles. The Hall–Kier alpha value is -0.550. The molecule has 2 aliphatic carbocycles. The van der Waals surface area contributed by atoms with Crippen molar-refractivity contribution in [3.63, 3.8) is 0 Å². The monoisotopic (exact) mass is 179 g/mol. The Balaban J connectivity index is 2.34. The molecule has 2 rings (SSSR count). The summed E-state index contributed by atoms with van der Waals surface area (Å²) >= 11 is 0. The maximum absolute atomic E-state index is 10.1. The summed E-state index contributed by atoms with van der Waals surface area (Å²) in [6.45, 7) is 3.58. The van der Waals surface area contributed by atoms with E-state index in [4.69, 9.17) is 0 Å². The van der Waals surface area contributed by atoms with Gasteiger partial charge in [-0.25, -0.2) is 0 Å². The van der Waals surface area contributed by atoms with Crippen molar-refractivity contribution in [1.29, 1.82) is 5.26 Å². The van der Waals surface area contributed by atoms with Crippen LogP contribution in [0.2, 0.25) is 0 Å². The number of hydrogen-bond acceptors (Lipinski definition) is 2. The van der Waals surface area contributed by atoms with Crippen LogP contribution in [0.15, 0.2) is 0 Å². The van der Waals surface area contributed by atoms with Crippen LogP contribution in [0.3, 0.4) is 0 Å². The van der Waals surface area contributed by atoms with Gasteiger partial charge in [0.05, 0.1) is 17.1 Å². The number of nitriles is 1. The van der Waals surface area contributed by atoms with Crippen molar-refractivity contribution in [2.45, 2.75) is 45.1 Å². The summed E-state index contributed by atoms with van der Waals surface area (Å²) in [6, 6.07) is 2.40. The zero-order chi connectivity index (χ0) is 9.69. The van der Waals surface area contributed by atoms with Gasteiger partial charge >= 0.3 is 0 Å². The molecular weight excluding hydrogens is 162 g/mol. The summed E-state index contributed by atoms with van der Waals surface area (Å²) in [5, 5.41) is 19.3. The highest BCUT2D eigenvalue weighted by atomic mass is 16.3. The molecule has 2 fully saturated rings. The van der Waals surface area contributed by atoms with Crippen LogP contribution in [0.4, 0.5) is 0 Å². The van der Waals surface area contributed by atoms with Gasteiger partial charge < -0.3 is 5.11 Å². The van der Waals surface area contributed by atoms with Gasteiger partial charge in [-0.1, -0.05) is 6.42 Å². The van der Waals surface area contributed by atoms with E-state index >= 15 is 0 Å². The lowest BCUT2D eigenvalue weighted by molar-refractivity contribution is -0.0520. The first kappa shape index (κ1) is 9.02. The molecule has 1 N–H and O–H groups in total. The van der Waals surface area contributed by atoms with Crippen LogP contribution in [0.25, 0.3) is 0 Å². The van der Waals surface area contributed by atoms with Crippen LogP contribution < -0.4 is 0 Å². The van der Waals surface area contributed by atoms with Crippen molar-refractivity contribution >= 4 is 0 Å². The van der Waals surface area contributed by atoms with Crippen molar-refractivity contribution in [2.75, 3.05) is 0 Å². The molecule has 2 heteroatoms. The summed E-state index contributed by atoms with van der Waals surface area (Å²) in [5.41, 5.74) is -1.28. The zero-order valence-corrected chi connectivity index (χ0v) is 8.38. The van der Waals surface area contributed by atoms with Crippen LogP contribution >= 0.6 is 0 Å². The second-order valence-corrected chi connectivity index (χ2v) is 5.22. The molecule has 0 spiro atoms. The maximum Gasteiger partial charge on any atom is 0.0885 e. The summed E-state index contributed by atoms with van der Waals surface area (Å²) < 4.78 is 0. The summed E-state index contributed by atoms with van der Waals surface area (Å²) in [7, 11) is 0. The molecule has 3 atom stereocenters. The van der Waals surface area contributed by atoms with E-state index in [1.807, 2.05) is 0 Å². The highest BCUT2D eigenvalue weighted by Crippen LogP contribution is 2.59. The molecule has 0 aromatic heterocycles. The Kier molecular flexibility index (Phi) is 1.72. The Morgan fingerprint density at radius 3 is 2.38 bits per heavy atom. The molecule has 3 unspecified atom stereocenters. The third-order valence-electron chi connectivity index (χ3n) is 4.14. The van der Waals surface area contributed by atoms with Crippen LogP contribution in [0.1, 0.15) is 39.5 Å². The first-order valence-electron chi connectivity index (χ1n) is 5.13. The van der Waals surface area contributed by atoms with Crippen molar-refractivity contribution in [2.24, 2.45) is 17.3 Å². The van der Waals surface area contributed by atoms with E-state index in [-0.39, 0.29) is 0 Å². The van der Waals surface area contributed by atoms with E-state index in [0.717, 1.165) is 19.3 Å². The number of hydrogen-bond donors (Lipinski definition) is 1. The number of aliphatic hydroxyl groups is 1. The van der Waals surface area contributed by atoms with Gasteiger partial charge in [0.1, 0.15) is 0 Å². The van der Waals surface area contributed by atoms with Gasteiger partial charge in [0.15, 0.2) is 0 Å². The van der Waals surface area contributed by atoms with Gasteiger partial charge in [0, 0.05) is 0 Å². The molecule has 2 aliphatic rings. The van der Waals surface area contributed by atoms with Crippen LogP contribution in [-0.4, -0.2) is 10.7 Å². The fourth-order valence-corrected chi connectivity index (χ4v) is 3.35. The normalized spacial score (nSPS) is 43.5. The molecular formula is C11H17NO. The Bertz CT molecular complexity index is 260. The Labute approximate surface area is 79.6 Å². The maximum atomic E-state index is 10.1. The minimum Gasteiger partial charge on any atom is -0.389 e. The van der Waals surface area contributed by atoms with Gasteiger partial charge in [0.25, 0.3) is 0 Å². The lowest BCUT2D eigenvalue weighted by Gasteiger charge is -2.40. The molecule has 0 radical (unpaired) electrons. The van der Waals surface area contributed by atoms with Crippen molar-refractivity contribution in [1.82, 2.24) is 0 Å². The van der Waals surface area contributed by atoms with Crippen LogP contribution in [-0.2, 0) is 0 Å². The molecule has 13 heavy (non-hydrogen) atoms. The quantitative estimate of drug-likeness (QED) is 0.669. The minimum atomic E-state index is -0.832. The fourth-order valence-electron chi connectivity index (χ4n) is 3.35. The minimum absolute atomic E-state index is 0.447.